The highest BCUT2D eigenvalue weighted by molar-refractivity contribution is 5.60. The molecule has 7 heteroatoms. The lowest BCUT2D eigenvalue weighted by Gasteiger charge is -2.06. The fourth-order valence-electron chi connectivity index (χ4n) is 3.18. The Morgan fingerprint density at radius 3 is 2.52 bits per heavy atom. The topological polar surface area (TPSA) is 64.9 Å². The van der Waals surface area contributed by atoms with Gasteiger partial charge >= 0.3 is 0 Å². The van der Waals surface area contributed by atoms with Crippen LogP contribution in [0.5, 0.6) is 5.88 Å². The van der Waals surface area contributed by atoms with E-state index in [1.165, 1.54) is 6.07 Å². The number of nitrogens with zero attached hydrogens (tertiary/aromatic N) is 4. The van der Waals surface area contributed by atoms with Crippen LogP contribution in [0.2, 0.25) is 0 Å². The van der Waals surface area contributed by atoms with Crippen LogP contribution in [0.15, 0.2) is 79.0 Å². The Bertz CT molecular complexity index is 1090. The molecule has 0 aliphatic heterocycles. The molecule has 0 bridgehead atoms. The van der Waals surface area contributed by atoms with Gasteiger partial charge in [0.1, 0.15) is 17.2 Å². The van der Waals surface area contributed by atoms with Crippen molar-refractivity contribution < 1.29 is 9.13 Å². The molecule has 0 unspecified atom stereocenters. The zero-order valence-electron chi connectivity index (χ0n) is 17.1. The van der Waals surface area contributed by atoms with Gasteiger partial charge in [-0.05, 0) is 25.1 Å². The number of benzene rings is 2. The van der Waals surface area contributed by atoms with Crippen molar-refractivity contribution in [1.29, 1.82) is 0 Å². The highest BCUT2D eigenvalue weighted by atomic mass is 19.1. The predicted molar refractivity (Wildman–Crippen MR) is 117 cm³/mol. The van der Waals surface area contributed by atoms with Crippen LogP contribution in [0.3, 0.4) is 0 Å². The molecule has 0 atom stereocenters. The maximum atomic E-state index is 14.1. The number of pyridine rings is 1. The number of halogens is 1. The van der Waals surface area contributed by atoms with E-state index >= 15 is 0 Å². The first-order valence-electron chi connectivity index (χ1n) is 10.3. The van der Waals surface area contributed by atoms with E-state index in [1.807, 2.05) is 54.6 Å². The molecule has 6 nitrogen and oxygen atoms in total. The van der Waals surface area contributed by atoms with Gasteiger partial charge in [0.25, 0.3) is 0 Å². The smallest absolute Gasteiger partial charge is 0.213 e. The third kappa shape index (κ3) is 5.73. The third-order valence-electron chi connectivity index (χ3n) is 4.72. The monoisotopic (exact) mass is 417 g/mol. The molecule has 158 valence electrons. The van der Waals surface area contributed by atoms with Crippen LogP contribution in [-0.4, -0.2) is 33.1 Å². The Morgan fingerprint density at radius 2 is 1.71 bits per heavy atom. The van der Waals surface area contributed by atoms with Gasteiger partial charge in [0, 0.05) is 29.9 Å². The Kier molecular flexibility index (Phi) is 6.97. The minimum Gasteiger partial charge on any atom is -0.478 e. The molecule has 0 aliphatic carbocycles. The van der Waals surface area contributed by atoms with Crippen molar-refractivity contribution in [2.45, 2.75) is 19.5 Å². The second kappa shape index (κ2) is 10.4. The highest BCUT2D eigenvalue weighted by Gasteiger charge is 2.14. The van der Waals surface area contributed by atoms with E-state index in [9.17, 15) is 4.39 Å². The molecule has 0 amide bonds. The Labute approximate surface area is 180 Å². The van der Waals surface area contributed by atoms with Gasteiger partial charge in [-0.2, -0.15) is 15.0 Å². The summed E-state index contributed by atoms with van der Waals surface area (Å²) in [6.45, 7) is 2.19. The van der Waals surface area contributed by atoms with Crippen molar-refractivity contribution in [3.8, 4) is 17.1 Å². The maximum Gasteiger partial charge on any atom is 0.213 e. The molecule has 4 aromatic rings. The number of aromatic nitrogens is 4. The van der Waals surface area contributed by atoms with Crippen molar-refractivity contribution >= 4 is 0 Å². The molecular weight excluding hydrogens is 393 g/mol. The van der Waals surface area contributed by atoms with E-state index in [0.717, 1.165) is 29.9 Å². The SMILES string of the molecule is Fc1ccccc1Cn1nc(CNCCCOc2ccccn2)c(-c2ccccc2)n1. The Morgan fingerprint density at radius 1 is 0.903 bits per heavy atom. The number of hydrogen-bond donors (Lipinski definition) is 1. The molecule has 0 radical (unpaired) electrons. The van der Waals surface area contributed by atoms with E-state index in [0.29, 0.717) is 24.6 Å². The summed E-state index contributed by atoms with van der Waals surface area (Å²) >= 11 is 0. The Hall–Kier alpha value is -3.58. The van der Waals surface area contributed by atoms with E-state index in [1.54, 1.807) is 23.1 Å². The normalized spacial score (nSPS) is 10.9. The van der Waals surface area contributed by atoms with Crippen molar-refractivity contribution in [3.63, 3.8) is 0 Å². The first-order valence-corrected chi connectivity index (χ1v) is 10.3. The van der Waals surface area contributed by atoms with E-state index in [-0.39, 0.29) is 12.4 Å². The minimum atomic E-state index is -0.256. The van der Waals surface area contributed by atoms with Gasteiger partial charge in [0.2, 0.25) is 5.88 Å². The van der Waals surface area contributed by atoms with Gasteiger partial charge in [-0.25, -0.2) is 9.37 Å². The molecule has 2 aromatic heterocycles. The fourth-order valence-corrected chi connectivity index (χ4v) is 3.18. The second-order valence-electron chi connectivity index (χ2n) is 7.03. The number of ether oxygens (including phenoxy) is 1. The average Bonchev–Trinajstić information content (AvgIpc) is 3.21. The van der Waals surface area contributed by atoms with Gasteiger partial charge in [-0.1, -0.05) is 54.6 Å². The van der Waals surface area contributed by atoms with Crippen LogP contribution >= 0.6 is 0 Å². The van der Waals surface area contributed by atoms with Crippen LogP contribution in [0.1, 0.15) is 17.7 Å². The Balaban J connectivity index is 1.38. The number of rotatable bonds is 10. The predicted octanol–water partition coefficient (Wildman–Crippen LogP) is 4.09. The average molecular weight is 417 g/mol. The van der Waals surface area contributed by atoms with Gasteiger partial charge < -0.3 is 10.1 Å². The minimum absolute atomic E-state index is 0.256. The lowest BCUT2D eigenvalue weighted by atomic mass is 10.1. The van der Waals surface area contributed by atoms with Gasteiger partial charge in [0.05, 0.1) is 13.2 Å². The van der Waals surface area contributed by atoms with Crippen LogP contribution in [0.4, 0.5) is 4.39 Å². The molecule has 0 fully saturated rings. The molecule has 0 spiro atoms. The number of hydrogen-bond acceptors (Lipinski definition) is 5. The van der Waals surface area contributed by atoms with Crippen LogP contribution < -0.4 is 10.1 Å². The molecule has 2 heterocycles. The summed E-state index contributed by atoms with van der Waals surface area (Å²) < 4.78 is 19.7. The highest BCUT2D eigenvalue weighted by Crippen LogP contribution is 2.20. The van der Waals surface area contributed by atoms with Crippen LogP contribution in [0, 0.1) is 5.82 Å². The van der Waals surface area contributed by atoms with E-state index in [4.69, 9.17) is 4.74 Å². The fraction of sp³-hybridized carbons (Fsp3) is 0.208. The molecule has 0 aliphatic rings. The quantitative estimate of drug-likeness (QED) is 0.394. The van der Waals surface area contributed by atoms with Crippen molar-refractivity contribution in [3.05, 3.63) is 96.1 Å². The largest absolute Gasteiger partial charge is 0.478 e. The zero-order chi connectivity index (χ0) is 21.3. The molecule has 31 heavy (non-hydrogen) atoms. The van der Waals surface area contributed by atoms with Gasteiger partial charge in [-0.15, -0.1) is 0 Å². The molecule has 2 aromatic carbocycles. The summed E-state index contributed by atoms with van der Waals surface area (Å²) in [4.78, 5) is 5.70. The lowest BCUT2D eigenvalue weighted by Crippen LogP contribution is -2.18. The summed E-state index contributed by atoms with van der Waals surface area (Å²) in [6, 6.07) is 22.2. The molecule has 0 saturated carbocycles. The summed E-state index contributed by atoms with van der Waals surface area (Å²) in [5.74, 6) is 0.374. The first-order chi connectivity index (χ1) is 15.3. The third-order valence-corrected chi connectivity index (χ3v) is 4.72. The second-order valence-corrected chi connectivity index (χ2v) is 7.03. The molecule has 0 saturated heterocycles. The number of nitrogens with one attached hydrogen (secondary N) is 1. The summed E-state index contributed by atoms with van der Waals surface area (Å²) in [6.07, 6.45) is 2.55. The van der Waals surface area contributed by atoms with Crippen LogP contribution in [-0.2, 0) is 13.1 Å². The van der Waals surface area contributed by atoms with Crippen molar-refractivity contribution in [1.82, 2.24) is 25.3 Å². The molecular formula is C24H24FN5O. The lowest BCUT2D eigenvalue weighted by molar-refractivity contribution is 0.296. The van der Waals surface area contributed by atoms with Gasteiger partial charge in [-0.3, -0.25) is 0 Å². The standard InChI is InChI=1S/C24H24FN5O/c25-21-12-5-4-11-20(21)18-30-28-22(24(29-30)19-9-2-1-3-10-19)17-26-14-8-16-31-23-13-6-7-15-27-23/h1-7,9-13,15,26H,8,14,16-18H2. The van der Waals surface area contributed by atoms with Crippen LogP contribution in [0.25, 0.3) is 11.3 Å². The van der Waals surface area contributed by atoms with Gasteiger partial charge in [0.15, 0.2) is 0 Å². The first kappa shape index (κ1) is 20.7. The summed E-state index contributed by atoms with van der Waals surface area (Å²) in [5, 5.41) is 12.7. The molecule has 4 rings (SSSR count). The molecule has 1 N–H and O–H groups in total. The van der Waals surface area contributed by atoms with E-state index in [2.05, 4.69) is 20.5 Å². The van der Waals surface area contributed by atoms with Crippen molar-refractivity contribution in [2.24, 2.45) is 0 Å². The van der Waals surface area contributed by atoms with Crippen molar-refractivity contribution in [2.75, 3.05) is 13.2 Å². The maximum absolute atomic E-state index is 14.1. The summed E-state index contributed by atoms with van der Waals surface area (Å²) in [7, 11) is 0. The zero-order valence-corrected chi connectivity index (χ0v) is 17.1. The van der Waals surface area contributed by atoms with E-state index < -0.39 is 0 Å². The summed E-state index contributed by atoms with van der Waals surface area (Å²) in [5.41, 5.74) is 3.17.